The summed E-state index contributed by atoms with van der Waals surface area (Å²) in [6.45, 7) is 4.37. The van der Waals surface area contributed by atoms with Gasteiger partial charge in [-0.05, 0) is 37.8 Å². The molecule has 3 nitrogen and oxygen atoms in total. The molecule has 0 radical (unpaired) electrons. The number of hydrogen-bond donors (Lipinski definition) is 2. The summed E-state index contributed by atoms with van der Waals surface area (Å²) in [6, 6.07) is 4.47. The van der Waals surface area contributed by atoms with Gasteiger partial charge in [-0.15, -0.1) is 11.3 Å². The van der Waals surface area contributed by atoms with Gasteiger partial charge in [0.1, 0.15) is 0 Å². The summed E-state index contributed by atoms with van der Waals surface area (Å²) in [6.07, 6.45) is 11.0. The van der Waals surface area contributed by atoms with Crippen LogP contribution in [0, 0.1) is 0 Å². The van der Waals surface area contributed by atoms with Gasteiger partial charge in [0.25, 0.3) is 0 Å². The van der Waals surface area contributed by atoms with Crippen molar-refractivity contribution in [2.45, 2.75) is 70.7 Å². The number of thiophene rings is 1. The molecule has 1 aliphatic rings. The zero-order valence-electron chi connectivity index (χ0n) is 14.8. The molecule has 0 saturated carbocycles. The van der Waals surface area contributed by atoms with Crippen LogP contribution in [0.5, 0.6) is 0 Å². The van der Waals surface area contributed by atoms with Crippen LogP contribution in [0.2, 0.25) is 0 Å². The van der Waals surface area contributed by atoms with Crippen LogP contribution in [0.25, 0.3) is 0 Å². The van der Waals surface area contributed by atoms with Crippen LogP contribution in [0.1, 0.15) is 49.3 Å². The quantitative estimate of drug-likeness (QED) is 0.696. The van der Waals surface area contributed by atoms with Crippen molar-refractivity contribution < 1.29 is 14.9 Å². The second-order valence-corrected chi connectivity index (χ2v) is 7.68. The molecule has 2 rings (SSSR count). The van der Waals surface area contributed by atoms with E-state index in [9.17, 15) is 10.2 Å². The highest BCUT2D eigenvalue weighted by Crippen LogP contribution is 2.23. The number of rotatable bonds is 8. The van der Waals surface area contributed by atoms with E-state index >= 15 is 0 Å². The van der Waals surface area contributed by atoms with E-state index in [2.05, 4.69) is 44.2 Å². The Hall–Kier alpha value is -0.940. The van der Waals surface area contributed by atoms with E-state index in [1.54, 1.807) is 0 Å². The Bertz CT molecular complexity index is 547. The van der Waals surface area contributed by atoms with E-state index in [4.69, 9.17) is 4.74 Å². The number of aliphatic hydroxyl groups is 2. The zero-order chi connectivity index (χ0) is 17.4. The maximum absolute atomic E-state index is 9.82. The van der Waals surface area contributed by atoms with Gasteiger partial charge in [0.05, 0.1) is 24.9 Å². The van der Waals surface area contributed by atoms with Crippen LogP contribution in [0.4, 0.5) is 0 Å². The lowest BCUT2D eigenvalue weighted by atomic mass is 9.99. The Kier molecular flexibility index (Phi) is 8.19. The molecule has 1 saturated heterocycles. The van der Waals surface area contributed by atoms with Crippen molar-refractivity contribution in [2.75, 3.05) is 6.61 Å². The largest absolute Gasteiger partial charge is 0.394 e. The van der Waals surface area contributed by atoms with Gasteiger partial charge in [0.15, 0.2) is 0 Å². The minimum absolute atomic E-state index is 0.00466. The number of aryl methyl sites for hydroxylation is 1. The SMILES string of the molecule is CC/C(=C\C=C/CC1CC(O)CC(CO)O1)Cc1ccc(CC)s1. The molecule has 1 fully saturated rings. The summed E-state index contributed by atoms with van der Waals surface area (Å²) in [4.78, 5) is 2.88. The lowest BCUT2D eigenvalue weighted by Crippen LogP contribution is -2.37. The third kappa shape index (κ3) is 6.17. The van der Waals surface area contributed by atoms with E-state index in [1.807, 2.05) is 11.3 Å². The molecule has 0 spiro atoms. The Morgan fingerprint density at radius 2 is 2.00 bits per heavy atom. The van der Waals surface area contributed by atoms with E-state index in [-0.39, 0.29) is 24.9 Å². The summed E-state index contributed by atoms with van der Waals surface area (Å²) in [7, 11) is 0. The minimum Gasteiger partial charge on any atom is -0.394 e. The first-order valence-electron chi connectivity index (χ1n) is 9.01. The van der Waals surface area contributed by atoms with Gasteiger partial charge in [-0.25, -0.2) is 0 Å². The van der Waals surface area contributed by atoms with Crippen LogP contribution in [-0.2, 0) is 17.6 Å². The van der Waals surface area contributed by atoms with Gasteiger partial charge in [-0.2, -0.15) is 0 Å². The fraction of sp³-hybridized carbons (Fsp3) is 0.600. The molecule has 1 aliphatic heterocycles. The summed E-state index contributed by atoms with van der Waals surface area (Å²) < 4.78 is 5.77. The maximum atomic E-state index is 9.82. The lowest BCUT2D eigenvalue weighted by Gasteiger charge is -2.31. The van der Waals surface area contributed by atoms with Crippen LogP contribution in [-0.4, -0.2) is 35.1 Å². The highest BCUT2D eigenvalue weighted by molar-refractivity contribution is 7.12. The Morgan fingerprint density at radius 3 is 2.67 bits per heavy atom. The predicted octanol–water partition coefficient (Wildman–Crippen LogP) is 4.04. The van der Waals surface area contributed by atoms with E-state index in [0.29, 0.717) is 12.8 Å². The molecule has 0 aromatic carbocycles. The third-order valence-corrected chi connectivity index (χ3v) is 5.68. The van der Waals surface area contributed by atoms with Gasteiger partial charge in [0.2, 0.25) is 0 Å². The van der Waals surface area contributed by atoms with Gasteiger partial charge in [0, 0.05) is 22.6 Å². The Labute approximate surface area is 149 Å². The van der Waals surface area contributed by atoms with Crippen molar-refractivity contribution in [1.29, 1.82) is 0 Å². The van der Waals surface area contributed by atoms with E-state index in [1.165, 1.54) is 15.3 Å². The van der Waals surface area contributed by atoms with Crippen LogP contribution >= 0.6 is 11.3 Å². The van der Waals surface area contributed by atoms with Crippen molar-refractivity contribution in [3.8, 4) is 0 Å². The molecule has 2 heterocycles. The zero-order valence-corrected chi connectivity index (χ0v) is 15.6. The first kappa shape index (κ1) is 19.4. The number of ether oxygens (including phenoxy) is 1. The second-order valence-electron chi connectivity index (χ2n) is 6.43. The fourth-order valence-corrected chi connectivity index (χ4v) is 4.03. The average molecular weight is 351 g/mol. The molecule has 0 aliphatic carbocycles. The molecule has 0 bridgehead atoms. The standard InChI is InChI=1S/C20H30O3S/c1-3-15(11-20-10-9-19(4-2)24-20)7-5-6-8-17-12-16(22)13-18(14-21)23-17/h5-7,9-10,16-18,21-22H,3-4,8,11-14H2,1-2H3/b6-5-,15-7+. The van der Waals surface area contributed by atoms with Gasteiger partial charge < -0.3 is 14.9 Å². The summed E-state index contributed by atoms with van der Waals surface area (Å²) in [5, 5.41) is 19.0. The highest BCUT2D eigenvalue weighted by atomic mass is 32.1. The smallest absolute Gasteiger partial charge is 0.0834 e. The first-order chi connectivity index (χ1) is 11.6. The van der Waals surface area contributed by atoms with Crippen LogP contribution in [0.15, 0.2) is 35.9 Å². The Balaban J connectivity index is 1.84. The predicted molar refractivity (Wildman–Crippen MR) is 101 cm³/mol. The topological polar surface area (TPSA) is 49.7 Å². The van der Waals surface area contributed by atoms with Gasteiger partial charge in [-0.3, -0.25) is 0 Å². The van der Waals surface area contributed by atoms with Crippen molar-refractivity contribution in [3.63, 3.8) is 0 Å². The number of allylic oxidation sites excluding steroid dienone is 3. The molecule has 3 unspecified atom stereocenters. The van der Waals surface area contributed by atoms with Crippen molar-refractivity contribution in [3.05, 3.63) is 45.7 Å². The summed E-state index contributed by atoms with van der Waals surface area (Å²) >= 11 is 1.91. The molecule has 0 amide bonds. The summed E-state index contributed by atoms with van der Waals surface area (Å²) in [5.41, 5.74) is 1.42. The highest BCUT2D eigenvalue weighted by Gasteiger charge is 2.26. The Morgan fingerprint density at radius 1 is 1.25 bits per heavy atom. The van der Waals surface area contributed by atoms with Gasteiger partial charge >= 0.3 is 0 Å². The van der Waals surface area contributed by atoms with Crippen molar-refractivity contribution in [2.24, 2.45) is 0 Å². The lowest BCUT2D eigenvalue weighted by molar-refractivity contribution is -0.110. The monoisotopic (exact) mass is 350 g/mol. The first-order valence-corrected chi connectivity index (χ1v) is 9.82. The molecule has 134 valence electrons. The molecular formula is C20H30O3S. The van der Waals surface area contributed by atoms with Crippen molar-refractivity contribution in [1.82, 2.24) is 0 Å². The molecule has 2 N–H and O–H groups in total. The average Bonchev–Trinajstić information content (AvgIpc) is 3.04. The minimum atomic E-state index is -0.359. The summed E-state index contributed by atoms with van der Waals surface area (Å²) in [5.74, 6) is 0. The second kappa shape index (κ2) is 10.1. The molecule has 4 heteroatoms. The van der Waals surface area contributed by atoms with E-state index < -0.39 is 0 Å². The fourth-order valence-electron chi connectivity index (χ4n) is 3.02. The number of aliphatic hydroxyl groups excluding tert-OH is 2. The van der Waals surface area contributed by atoms with Crippen LogP contribution < -0.4 is 0 Å². The molecule has 24 heavy (non-hydrogen) atoms. The third-order valence-electron chi connectivity index (χ3n) is 4.45. The van der Waals surface area contributed by atoms with Gasteiger partial charge in [-0.1, -0.05) is 37.6 Å². The molecule has 1 aromatic rings. The maximum Gasteiger partial charge on any atom is 0.0834 e. The molecular weight excluding hydrogens is 320 g/mol. The normalized spacial score (nSPS) is 25.5. The van der Waals surface area contributed by atoms with E-state index in [0.717, 1.165) is 25.7 Å². The molecule has 3 atom stereocenters. The van der Waals surface area contributed by atoms with Crippen molar-refractivity contribution >= 4 is 11.3 Å². The van der Waals surface area contributed by atoms with Crippen LogP contribution in [0.3, 0.4) is 0 Å². The number of hydrogen-bond acceptors (Lipinski definition) is 4. The molecule has 1 aromatic heterocycles.